The molecule has 22 heavy (non-hydrogen) atoms. The minimum atomic E-state index is -0.893. The Morgan fingerprint density at radius 2 is 1.77 bits per heavy atom. The Hall–Kier alpha value is -3.42. The number of nitro benzene ring substituents is 1. The summed E-state index contributed by atoms with van der Waals surface area (Å²) in [6, 6.07) is 12.6. The third kappa shape index (κ3) is 3.18. The zero-order chi connectivity index (χ0) is 16.1. The van der Waals surface area contributed by atoms with Crippen LogP contribution in [-0.4, -0.2) is 16.9 Å². The van der Waals surface area contributed by atoms with Gasteiger partial charge in [0, 0.05) is 6.07 Å². The molecule has 0 fully saturated rings. The summed E-state index contributed by atoms with van der Waals surface area (Å²) in [6.45, 7) is 0. The van der Waals surface area contributed by atoms with Gasteiger partial charge in [0.25, 0.3) is 5.69 Å². The second kappa shape index (κ2) is 6.35. The molecule has 0 heterocycles. The molecule has 2 aromatic rings. The van der Waals surface area contributed by atoms with E-state index in [1.807, 2.05) is 0 Å². The maximum Gasteiger partial charge on any atom is 0.366 e. The molecule has 0 unspecified atom stereocenters. The van der Waals surface area contributed by atoms with Gasteiger partial charge in [-0.3, -0.25) is 10.1 Å². The normalized spacial score (nSPS) is 9.82. The topological polar surface area (TPSA) is 134 Å². The minimum absolute atomic E-state index is 0.00889. The molecule has 0 spiro atoms. The van der Waals surface area contributed by atoms with Gasteiger partial charge in [0.2, 0.25) is 5.96 Å². The molecule has 2 rings (SSSR count). The fourth-order valence-corrected chi connectivity index (χ4v) is 1.91. The minimum Gasteiger partial charge on any atom is -0.367 e. The Bertz CT molecular complexity index is 740. The van der Waals surface area contributed by atoms with Gasteiger partial charge in [-0.1, -0.05) is 36.4 Å². The van der Waals surface area contributed by atoms with Crippen LogP contribution in [0.3, 0.4) is 0 Å². The fraction of sp³-hybridized carbons (Fsp3) is 0. The van der Waals surface area contributed by atoms with Crippen molar-refractivity contribution in [1.82, 2.24) is 0 Å². The molecular formula is C14H12N4O4. The predicted octanol–water partition coefficient (Wildman–Crippen LogP) is 1.61. The van der Waals surface area contributed by atoms with Crippen LogP contribution in [0.15, 0.2) is 53.7 Å². The number of nitro groups is 1. The first-order chi connectivity index (χ1) is 10.5. The molecular weight excluding hydrogens is 288 g/mol. The molecule has 0 aliphatic heterocycles. The van der Waals surface area contributed by atoms with E-state index in [1.54, 1.807) is 30.3 Å². The monoisotopic (exact) mass is 300 g/mol. The van der Waals surface area contributed by atoms with Crippen LogP contribution >= 0.6 is 0 Å². The van der Waals surface area contributed by atoms with Crippen LogP contribution < -0.4 is 11.5 Å². The second-order valence-corrected chi connectivity index (χ2v) is 4.22. The van der Waals surface area contributed by atoms with Crippen molar-refractivity contribution in [2.24, 2.45) is 16.6 Å². The molecule has 8 nitrogen and oxygen atoms in total. The Morgan fingerprint density at radius 1 is 1.09 bits per heavy atom. The van der Waals surface area contributed by atoms with E-state index < -0.39 is 16.9 Å². The highest BCUT2D eigenvalue weighted by atomic mass is 16.7. The molecule has 0 amide bonds. The summed E-state index contributed by atoms with van der Waals surface area (Å²) in [7, 11) is 0. The Balaban J connectivity index is 2.59. The highest BCUT2D eigenvalue weighted by Gasteiger charge is 2.24. The van der Waals surface area contributed by atoms with Crippen LogP contribution in [0.1, 0.15) is 10.4 Å². The van der Waals surface area contributed by atoms with Gasteiger partial charge in [0.05, 0.1) is 16.1 Å². The van der Waals surface area contributed by atoms with Crippen LogP contribution in [0, 0.1) is 10.1 Å². The number of carbonyl (C=O) groups is 1. The molecule has 0 aromatic heterocycles. The molecule has 0 aliphatic carbocycles. The lowest BCUT2D eigenvalue weighted by Gasteiger charge is -2.08. The summed E-state index contributed by atoms with van der Waals surface area (Å²) < 4.78 is 0. The third-order valence-electron chi connectivity index (χ3n) is 2.76. The molecule has 0 aliphatic rings. The Morgan fingerprint density at radius 3 is 2.36 bits per heavy atom. The van der Waals surface area contributed by atoms with Crippen molar-refractivity contribution >= 4 is 17.6 Å². The van der Waals surface area contributed by atoms with Gasteiger partial charge < -0.3 is 16.3 Å². The molecule has 0 saturated carbocycles. The molecule has 0 radical (unpaired) electrons. The second-order valence-electron chi connectivity index (χ2n) is 4.22. The van der Waals surface area contributed by atoms with Gasteiger partial charge in [-0.05, 0) is 16.8 Å². The summed E-state index contributed by atoms with van der Waals surface area (Å²) in [4.78, 5) is 27.3. The number of hydrogen-bond acceptors (Lipinski definition) is 5. The van der Waals surface area contributed by atoms with Gasteiger partial charge in [-0.15, -0.1) is 0 Å². The lowest BCUT2D eigenvalue weighted by atomic mass is 9.98. The van der Waals surface area contributed by atoms with Crippen LogP contribution in [0.2, 0.25) is 0 Å². The van der Waals surface area contributed by atoms with Crippen LogP contribution in [0.5, 0.6) is 0 Å². The van der Waals surface area contributed by atoms with E-state index >= 15 is 0 Å². The highest BCUT2D eigenvalue weighted by Crippen LogP contribution is 2.33. The maximum atomic E-state index is 12.1. The Kier molecular flexibility index (Phi) is 4.33. The van der Waals surface area contributed by atoms with Gasteiger partial charge in [0.15, 0.2) is 0 Å². The molecule has 4 N–H and O–H groups in total. The number of guanidine groups is 1. The fourth-order valence-electron chi connectivity index (χ4n) is 1.91. The number of rotatable bonds is 4. The van der Waals surface area contributed by atoms with E-state index in [4.69, 9.17) is 11.5 Å². The van der Waals surface area contributed by atoms with Gasteiger partial charge >= 0.3 is 5.97 Å². The van der Waals surface area contributed by atoms with Gasteiger partial charge in [0.1, 0.15) is 0 Å². The van der Waals surface area contributed by atoms with Crippen molar-refractivity contribution < 1.29 is 14.6 Å². The summed E-state index contributed by atoms with van der Waals surface area (Å²) in [5.41, 5.74) is 10.6. The number of benzene rings is 2. The summed E-state index contributed by atoms with van der Waals surface area (Å²) in [5, 5.41) is 14.4. The number of nitrogens with two attached hydrogens (primary N) is 2. The standard InChI is InChI=1S/C14H12N4O4/c15-14(16)17-22-13(19)10-7-4-8-11(18(20)21)12(10)9-5-2-1-3-6-9/h1-8H,(H4,15,16,17). The van der Waals surface area contributed by atoms with Crippen molar-refractivity contribution in [3.05, 3.63) is 64.2 Å². The lowest BCUT2D eigenvalue weighted by Crippen LogP contribution is -2.23. The zero-order valence-corrected chi connectivity index (χ0v) is 11.3. The summed E-state index contributed by atoms with van der Waals surface area (Å²) >= 11 is 0. The van der Waals surface area contributed by atoms with E-state index in [0.29, 0.717) is 5.56 Å². The van der Waals surface area contributed by atoms with E-state index in [9.17, 15) is 14.9 Å². The van der Waals surface area contributed by atoms with Gasteiger partial charge in [-0.2, -0.15) is 0 Å². The van der Waals surface area contributed by atoms with E-state index in [2.05, 4.69) is 9.99 Å². The van der Waals surface area contributed by atoms with Crippen LogP contribution in [0.4, 0.5) is 5.69 Å². The molecule has 112 valence electrons. The average Bonchev–Trinajstić information content (AvgIpc) is 2.52. The van der Waals surface area contributed by atoms with E-state index in [-0.39, 0.29) is 16.8 Å². The van der Waals surface area contributed by atoms with Crippen LogP contribution in [-0.2, 0) is 4.84 Å². The van der Waals surface area contributed by atoms with Crippen molar-refractivity contribution in [2.75, 3.05) is 0 Å². The molecule has 0 saturated heterocycles. The first-order valence-electron chi connectivity index (χ1n) is 6.14. The highest BCUT2D eigenvalue weighted by molar-refractivity contribution is 6.00. The zero-order valence-electron chi connectivity index (χ0n) is 11.3. The van der Waals surface area contributed by atoms with Crippen LogP contribution in [0.25, 0.3) is 11.1 Å². The smallest absolute Gasteiger partial charge is 0.366 e. The molecule has 8 heteroatoms. The van der Waals surface area contributed by atoms with E-state index in [1.165, 1.54) is 18.2 Å². The molecule has 0 atom stereocenters. The lowest BCUT2D eigenvalue weighted by molar-refractivity contribution is -0.384. The maximum absolute atomic E-state index is 12.1. The summed E-state index contributed by atoms with van der Waals surface area (Å²) in [5.74, 6) is -1.32. The molecule has 0 bridgehead atoms. The van der Waals surface area contributed by atoms with Crippen molar-refractivity contribution in [1.29, 1.82) is 0 Å². The van der Waals surface area contributed by atoms with Gasteiger partial charge in [-0.25, -0.2) is 4.79 Å². The third-order valence-corrected chi connectivity index (χ3v) is 2.76. The van der Waals surface area contributed by atoms with Crippen molar-refractivity contribution in [2.45, 2.75) is 0 Å². The number of oxime groups is 1. The number of nitrogens with zero attached hydrogens (tertiary/aromatic N) is 2. The SMILES string of the molecule is NC(N)=NOC(=O)c1cccc([N+](=O)[O-])c1-c1ccccc1. The van der Waals surface area contributed by atoms with Crippen molar-refractivity contribution in [3.63, 3.8) is 0 Å². The number of carbonyl (C=O) groups excluding carboxylic acids is 1. The summed E-state index contributed by atoms with van der Waals surface area (Å²) in [6.07, 6.45) is 0. The number of hydrogen-bond donors (Lipinski definition) is 2. The predicted molar refractivity (Wildman–Crippen MR) is 79.8 cm³/mol. The average molecular weight is 300 g/mol. The van der Waals surface area contributed by atoms with E-state index in [0.717, 1.165) is 0 Å². The first kappa shape index (κ1) is 15.0. The largest absolute Gasteiger partial charge is 0.367 e. The first-order valence-corrected chi connectivity index (χ1v) is 6.14. The quantitative estimate of drug-likeness (QED) is 0.289. The Labute approximate surface area is 125 Å². The molecule has 2 aromatic carbocycles. The van der Waals surface area contributed by atoms with Crippen molar-refractivity contribution in [3.8, 4) is 11.1 Å².